The van der Waals surface area contributed by atoms with Gasteiger partial charge in [-0.2, -0.15) is 0 Å². The quantitative estimate of drug-likeness (QED) is 0.416. The second kappa shape index (κ2) is 9.61. The Morgan fingerprint density at radius 2 is 2.03 bits per heavy atom. The van der Waals surface area contributed by atoms with Crippen LogP contribution in [0.1, 0.15) is 39.0 Å². The van der Waals surface area contributed by atoms with Crippen molar-refractivity contribution in [3.63, 3.8) is 0 Å². The van der Waals surface area contributed by atoms with Gasteiger partial charge in [0.15, 0.2) is 0 Å². The van der Waals surface area contributed by atoms with Crippen LogP contribution < -0.4 is 5.32 Å². The number of hydrogen-bond donors (Lipinski definition) is 2. The number of anilines is 1. The highest BCUT2D eigenvalue weighted by Gasteiger charge is 2.73. The maximum absolute atomic E-state index is 13.6. The number of benzene rings is 1. The van der Waals surface area contributed by atoms with Gasteiger partial charge in [0.2, 0.25) is 11.8 Å². The number of nitrogens with one attached hydrogen (secondary N) is 1. The van der Waals surface area contributed by atoms with E-state index in [4.69, 9.17) is 21.4 Å². The zero-order chi connectivity index (χ0) is 22.9. The summed E-state index contributed by atoms with van der Waals surface area (Å²) in [5.41, 5.74) is 0.617. The number of fused-ring (bicyclic) bond motifs is 1. The second-order valence-electron chi connectivity index (χ2n) is 8.62. The van der Waals surface area contributed by atoms with Crippen molar-refractivity contribution in [2.75, 3.05) is 25.1 Å². The van der Waals surface area contributed by atoms with E-state index in [9.17, 15) is 14.4 Å². The van der Waals surface area contributed by atoms with Gasteiger partial charge in [-0.15, -0.1) is 11.8 Å². The molecular weight excluding hydrogens is 452 g/mol. The minimum absolute atomic E-state index is 0.00497. The molecule has 5 atom stereocenters. The normalized spacial score (nSPS) is 30.5. The highest BCUT2D eigenvalue weighted by Crippen LogP contribution is 2.66. The number of nitrogens with zero attached hydrogens (tertiary/aromatic N) is 1. The first-order valence-electron chi connectivity index (χ1n) is 11.2. The molecule has 9 heteroatoms. The molecule has 2 N–H and O–H groups in total. The molecule has 1 aromatic carbocycles. The molecule has 174 valence electrons. The molecule has 1 spiro atoms. The van der Waals surface area contributed by atoms with E-state index >= 15 is 0 Å². The van der Waals surface area contributed by atoms with Gasteiger partial charge in [0, 0.05) is 29.1 Å². The van der Waals surface area contributed by atoms with Crippen LogP contribution in [-0.4, -0.2) is 63.6 Å². The van der Waals surface area contributed by atoms with E-state index in [2.05, 4.69) is 5.32 Å². The summed E-state index contributed by atoms with van der Waals surface area (Å²) >= 11 is 7.59. The number of hydrogen-bond acceptors (Lipinski definition) is 6. The molecule has 1 aromatic rings. The number of aliphatic hydroxyl groups is 1. The fourth-order valence-electron chi connectivity index (χ4n) is 5.51. The molecule has 2 bridgehead atoms. The van der Waals surface area contributed by atoms with Crippen molar-refractivity contribution in [2.45, 2.75) is 55.1 Å². The molecule has 32 heavy (non-hydrogen) atoms. The molecule has 2 amide bonds. The van der Waals surface area contributed by atoms with Crippen molar-refractivity contribution < 1.29 is 24.2 Å². The SMILES string of the molecule is CCOC(=O)[C@@H]1[C@H]2C(=O)N(CCCCCO)C(C(=O)Nc3ccc(Cl)cc3)C23CC[C@H]1S3. The van der Waals surface area contributed by atoms with Crippen LogP contribution in [0.25, 0.3) is 0 Å². The summed E-state index contributed by atoms with van der Waals surface area (Å²) in [7, 11) is 0. The maximum atomic E-state index is 13.6. The van der Waals surface area contributed by atoms with Crippen LogP contribution in [-0.2, 0) is 19.1 Å². The van der Waals surface area contributed by atoms with Crippen LogP contribution >= 0.6 is 23.4 Å². The Hall–Kier alpha value is -1.77. The van der Waals surface area contributed by atoms with Crippen LogP contribution in [0.3, 0.4) is 0 Å². The summed E-state index contributed by atoms with van der Waals surface area (Å²) in [4.78, 5) is 41.6. The number of carbonyl (C=O) groups is 3. The summed E-state index contributed by atoms with van der Waals surface area (Å²) < 4.78 is 4.70. The van der Waals surface area contributed by atoms with E-state index < -0.39 is 22.6 Å². The fourth-order valence-corrected chi connectivity index (χ4v) is 7.85. The standard InChI is InChI=1S/C23H29ClN2O5S/c1-2-31-22(30)17-16-10-11-23(32-16)18(17)21(29)26(12-4-3-5-13-27)19(23)20(28)25-15-8-6-14(24)7-9-15/h6-9,16-19,27H,2-5,10-13H2,1H3,(H,25,28)/t16-,17+,18+,19?,23?/m1/s1. The van der Waals surface area contributed by atoms with E-state index in [1.807, 2.05) is 0 Å². The molecule has 0 aliphatic carbocycles. The Labute approximate surface area is 197 Å². The highest BCUT2D eigenvalue weighted by molar-refractivity contribution is 8.02. The first-order valence-corrected chi connectivity index (χ1v) is 12.5. The largest absolute Gasteiger partial charge is 0.466 e. The molecule has 0 aromatic heterocycles. The van der Waals surface area contributed by atoms with Crippen molar-refractivity contribution in [1.29, 1.82) is 0 Å². The Morgan fingerprint density at radius 1 is 1.28 bits per heavy atom. The molecular formula is C23H29ClN2O5S. The number of thioether (sulfide) groups is 1. The summed E-state index contributed by atoms with van der Waals surface area (Å²) in [6.45, 7) is 2.56. The molecule has 7 nitrogen and oxygen atoms in total. The van der Waals surface area contributed by atoms with Gasteiger partial charge in [0.25, 0.3) is 0 Å². The van der Waals surface area contributed by atoms with E-state index in [0.717, 1.165) is 19.3 Å². The molecule has 3 saturated heterocycles. The van der Waals surface area contributed by atoms with Crippen LogP contribution in [0.2, 0.25) is 5.02 Å². The number of rotatable bonds is 9. The minimum atomic E-state index is -0.653. The van der Waals surface area contributed by atoms with Crippen molar-refractivity contribution >= 4 is 46.8 Å². The molecule has 3 heterocycles. The van der Waals surface area contributed by atoms with Crippen LogP contribution in [0.5, 0.6) is 0 Å². The van der Waals surface area contributed by atoms with Gasteiger partial charge in [-0.3, -0.25) is 14.4 Å². The fraction of sp³-hybridized carbons (Fsp3) is 0.609. The van der Waals surface area contributed by atoms with Gasteiger partial charge in [-0.1, -0.05) is 11.6 Å². The Morgan fingerprint density at radius 3 is 2.72 bits per heavy atom. The smallest absolute Gasteiger partial charge is 0.310 e. The van der Waals surface area contributed by atoms with Crippen LogP contribution in [0.15, 0.2) is 24.3 Å². The third kappa shape index (κ3) is 4.01. The van der Waals surface area contributed by atoms with Crippen molar-refractivity contribution in [2.24, 2.45) is 11.8 Å². The lowest BCUT2D eigenvalue weighted by molar-refractivity contribution is -0.153. The zero-order valence-electron chi connectivity index (χ0n) is 18.1. The maximum Gasteiger partial charge on any atom is 0.310 e. The van der Waals surface area contributed by atoms with Gasteiger partial charge in [-0.05, 0) is 63.3 Å². The first-order chi connectivity index (χ1) is 15.4. The third-order valence-electron chi connectivity index (χ3n) is 6.78. The van der Waals surface area contributed by atoms with Gasteiger partial charge in [0.1, 0.15) is 6.04 Å². The van der Waals surface area contributed by atoms with E-state index in [-0.39, 0.29) is 36.2 Å². The molecule has 3 fully saturated rings. The topological polar surface area (TPSA) is 95.9 Å². The van der Waals surface area contributed by atoms with Crippen LogP contribution in [0.4, 0.5) is 5.69 Å². The molecule has 0 radical (unpaired) electrons. The lowest BCUT2D eigenvalue weighted by Crippen LogP contribution is -2.51. The predicted molar refractivity (Wildman–Crippen MR) is 123 cm³/mol. The number of amides is 2. The Bertz CT molecular complexity index is 882. The summed E-state index contributed by atoms with van der Waals surface area (Å²) in [5, 5.41) is 12.6. The van der Waals surface area contributed by atoms with Crippen molar-refractivity contribution in [3.8, 4) is 0 Å². The summed E-state index contributed by atoms with van der Waals surface area (Å²) in [6.07, 6.45) is 3.63. The highest BCUT2D eigenvalue weighted by atomic mass is 35.5. The van der Waals surface area contributed by atoms with Gasteiger partial charge < -0.3 is 20.1 Å². The molecule has 3 aliphatic heterocycles. The number of esters is 1. The van der Waals surface area contributed by atoms with Crippen molar-refractivity contribution in [1.82, 2.24) is 4.90 Å². The number of halogens is 1. The number of aliphatic hydroxyl groups excluding tert-OH is 1. The lowest BCUT2D eigenvalue weighted by atomic mass is 9.71. The summed E-state index contributed by atoms with van der Waals surface area (Å²) in [5.74, 6) is -1.73. The average molecular weight is 481 g/mol. The van der Waals surface area contributed by atoms with Gasteiger partial charge >= 0.3 is 5.97 Å². The molecule has 2 unspecified atom stereocenters. The zero-order valence-corrected chi connectivity index (χ0v) is 19.7. The molecule has 3 aliphatic rings. The Balaban J connectivity index is 1.63. The van der Waals surface area contributed by atoms with E-state index in [1.54, 1.807) is 47.9 Å². The van der Waals surface area contributed by atoms with E-state index in [0.29, 0.717) is 30.1 Å². The minimum Gasteiger partial charge on any atom is -0.466 e. The second-order valence-corrected chi connectivity index (χ2v) is 10.7. The Kier molecular flexibility index (Phi) is 7.03. The third-order valence-corrected chi connectivity index (χ3v) is 8.98. The number of likely N-dealkylation sites (tertiary alicyclic amines) is 1. The van der Waals surface area contributed by atoms with Gasteiger partial charge in [0.05, 0.1) is 23.2 Å². The number of unbranched alkanes of at least 4 members (excludes halogenated alkanes) is 2. The van der Waals surface area contributed by atoms with Crippen LogP contribution in [0, 0.1) is 11.8 Å². The number of carbonyl (C=O) groups excluding carboxylic acids is 3. The predicted octanol–water partition coefficient (Wildman–Crippen LogP) is 3.10. The first kappa shape index (κ1) is 23.4. The van der Waals surface area contributed by atoms with E-state index in [1.165, 1.54) is 0 Å². The number of ether oxygens (including phenoxy) is 1. The molecule has 4 rings (SSSR count). The molecule has 0 saturated carbocycles. The average Bonchev–Trinajstić information content (AvgIpc) is 3.40. The van der Waals surface area contributed by atoms with Gasteiger partial charge in [-0.25, -0.2) is 0 Å². The van der Waals surface area contributed by atoms with Crippen molar-refractivity contribution in [3.05, 3.63) is 29.3 Å². The monoisotopic (exact) mass is 480 g/mol. The summed E-state index contributed by atoms with van der Waals surface area (Å²) in [6, 6.07) is 6.23. The lowest BCUT2D eigenvalue weighted by Gasteiger charge is -2.34.